The quantitative estimate of drug-likeness (QED) is 0.544. The van der Waals surface area contributed by atoms with Gasteiger partial charge in [0.05, 0.1) is 22.1 Å². The first kappa shape index (κ1) is 13.2. The van der Waals surface area contributed by atoms with E-state index in [1.54, 1.807) is 24.4 Å². The van der Waals surface area contributed by atoms with E-state index >= 15 is 0 Å². The largest absolute Gasteiger partial charge is 0.390 e. The monoisotopic (exact) mass is 262 g/mol. The van der Waals surface area contributed by atoms with Crippen molar-refractivity contribution in [1.82, 2.24) is 4.98 Å². The number of pyridine rings is 1. The summed E-state index contributed by atoms with van der Waals surface area (Å²) >= 11 is 0. The summed E-state index contributed by atoms with van der Waals surface area (Å²) in [6.07, 6.45) is 0.894. The van der Waals surface area contributed by atoms with Gasteiger partial charge < -0.3 is 16.2 Å². The Morgan fingerprint density at radius 2 is 2.26 bits per heavy atom. The Bertz CT molecular complexity index is 603. The third-order valence-corrected chi connectivity index (χ3v) is 2.74. The summed E-state index contributed by atoms with van der Waals surface area (Å²) in [6.45, 7) is 0.408. The van der Waals surface area contributed by atoms with Gasteiger partial charge in [-0.15, -0.1) is 0 Å². The molecule has 1 atom stereocenters. The Labute approximate surface area is 109 Å². The molecule has 1 aromatic carbocycles. The zero-order valence-electron chi connectivity index (χ0n) is 10.1. The van der Waals surface area contributed by atoms with Gasteiger partial charge in [0.15, 0.2) is 0 Å². The molecule has 0 radical (unpaired) electrons. The number of fused-ring (bicyclic) bond motifs is 1. The maximum atomic E-state index is 10.9. The first-order chi connectivity index (χ1) is 9.13. The zero-order valence-corrected chi connectivity index (χ0v) is 10.1. The highest BCUT2D eigenvalue weighted by molar-refractivity contribution is 5.96. The Morgan fingerprint density at radius 1 is 1.47 bits per heavy atom. The van der Waals surface area contributed by atoms with Gasteiger partial charge in [-0.25, -0.2) is 0 Å². The molecule has 0 saturated heterocycles. The molecule has 7 nitrogen and oxygen atoms in total. The van der Waals surface area contributed by atoms with Crippen LogP contribution >= 0.6 is 0 Å². The number of anilines is 1. The maximum Gasteiger partial charge on any atom is 0.278 e. The minimum atomic E-state index is -0.672. The topological polar surface area (TPSA) is 114 Å². The van der Waals surface area contributed by atoms with E-state index in [1.807, 2.05) is 0 Å². The van der Waals surface area contributed by atoms with Gasteiger partial charge in [0, 0.05) is 25.4 Å². The van der Waals surface area contributed by atoms with Crippen LogP contribution in [0.1, 0.15) is 0 Å². The van der Waals surface area contributed by atoms with Crippen molar-refractivity contribution in [3.8, 4) is 0 Å². The molecular formula is C12H14N4O3. The predicted octanol–water partition coefficient (Wildman–Crippen LogP) is 0.875. The van der Waals surface area contributed by atoms with E-state index in [9.17, 15) is 15.2 Å². The molecule has 0 aliphatic carbocycles. The van der Waals surface area contributed by atoms with E-state index in [0.29, 0.717) is 16.6 Å². The van der Waals surface area contributed by atoms with Crippen LogP contribution < -0.4 is 11.1 Å². The Morgan fingerprint density at radius 3 is 2.95 bits per heavy atom. The van der Waals surface area contributed by atoms with Crippen molar-refractivity contribution < 1.29 is 10.0 Å². The number of aliphatic hydroxyl groups excluding tert-OH is 1. The molecule has 0 amide bonds. The number of aromatic nitrogens is 1. The summed E-state index contributed by atoms with van der Waals surface area (Å²) in [6, 6.07) is 6.29. The van der Waals surface area contributed by atoms with Crippen LogP contribution in [0.2, 0.25) is 0 Å². The van der Waals surface area contributed by atoms with E-state index in [1.165, 1.54) is 6.07 Å². The van der Waals surface area contributed by atoms with E-state index in [-0.39, 0.29) is 18.8 Å². The third kappa shape index (κ3) is 2.78. The molecule has 0 saturated carbocycles. The minimum absolute atomic E-state index is 0.00743. The standard InChI is InChI=1S/C12H14N4O3/c13-6-8(17)7-15-10-3-4-11(16(18)19)9-2-1-5-14-12(9)10/h1-5,8,15,17H,6-7,13H2. The average molecular weight is 262 g/mol. The summed E-state index contributed by atoms with van der Waals surface area (Å²) in [5, 5.41) is 23.8. The Hall–Kier alpha value is -2.25. The first-order valence-electron chi connectivity index (χ1n) is 5.77. The highest BCUT2D eigenvalue weighted by Crippen LogP contribution is 2.29. The van der Waals surface area contributed by atoms with Gasteiger partial charge in [-0.2, -0.15) is 0 Å². The lowest BCUT2D eigenvalue weighted by Crippen LogP contribution is -2.27. The molecular weight excluding hydrogens is 248 g/mol. The lowest BCUT2D eigenvalue weighted by atomic mass is 10.1. The Kier molecular flexibility index (Phi) is 3.88. The number of nitrogens with one attached hydrogen (secondary N) is 1. The van der Waals surface area contributed by atoms with Gasteiger partial charge in [0.2, 0.25) is 0 Å². The van der Waals surface area contributed by atoms with Crippen molar-refractivity contribution in [3.05, 3.63) is 40.6 Å². The summed E-state index contributed by atoms with van der Waals surface area (Å²) in [5.74, 6) is 0. The molecule has 0 bridgehead atoms. The van der Waals surface area contributed by atoms with Crippen LogP contribution in [-0.4, -0.2) is 34.2 Å². The highest BCUT2D eigenvalue weighted by atomic mass is 16.6. The van der Waals surface area contributed by atoms with Gasteiger partial charge in [-0.05, 0) is 18.2 Å². The molecule has 0 aliphatic heterocycles. The van der Waals surface area contributed by atoms with E-state index in [2.05, 4.69) is 10.3 Å². The SMILES string of the molecule is NCC(O)CNc1ccc([N+](=O)[O-])c2cccnc12. The van der Waals surface area contributed by atoms with Gasteiger partial charge >= 0.3 is 0 Å². The van der Waals surface area contributed by atoms with E-state index < -0.39 is 11.0 Å². The van der Waals surface area contributed by atoms with Crippen LogP contribution in [-0.2, 0) is 0 Å². The predicted molar refractivity (Wildman–Crippen MR) is 71.9 cm³/mol. The van der Waals surface area contributed by atoms with Crippen molar-refractivity contribution in [2.75, 3.05) is 18.4 Å². The van der Waals surface area contributed by atoms with Crippen LogP contribution in [0.25, 0.3) is 10.9 Å². The molecule has 1 aromatic heterocycles. The zero-order chi connectivity index (χ0) is 13.8. The molecule has 19 heavy (non-hydrogen) atoms. The van der Waals surface area contributed by atoms with Crippen molar-refractivity contribution in [2.45, 2.75) is 6.10 Å². The van der Waals surface area contributed by atoms with Gasteiger partial charge in [-0.1, -0.05) is 0 Å². The number of aliphatic hydroxyl groups is 1. The molecule has 7 heteroatoms. The summed E-state index contributed by atoms with van der Waals surface area (Å²) < 4.78 is 0. The summed E-state index contributed by atoms with van der Waals surface area (Å²) in [7, 11) is 0. The average Bonchev–Trinajstić information content (AvgIpc) is 2.43. The van der Waals surface area contributed by atoms with Crippen molar-refractivity contribution in [1.29, 1.82) is 0 Å². The van der Waals surface area contributed by atoms with Crippen molar-refractivity contribution >= 4 is 22.3 Å². The highest BCUT2D eigenvalue weighted by Gasteiger charge is 2.15. The fourth-order valence-corrected chi connectivity index (χ4v) is 1.77. The fourth-order valence-electron chi connectivity index (χ4n) is 1.77. The number of nitrogens with zero attached hydrogens (tertiary/aromatic N) is 2. The third-order valence-electron chi connectivity index (χ3n) is 2.74. The van der Waals surface area contributed by atoms with Crippen LogP contribution in [0.4, 0.5) is 11.4 Å². The molecule has 0 spiro atoms. The smallest absolute Gasteiger partial charge is 0.278 e. The lowest BCUT2D eigenvalue weighted by Gasteiger charge is -2.12. The number of nitro groups is 1. The number of nitrogens with two attached hydrogens (primary N) is 1. The molecule has 2 rings (SSSR count). The van der Waals surface area contributed by atoms with Gasteiger partial charge in [-0.3, -0.25) is 15.1 Å². The normalized spacial score (nSPS) is 12.3. The maximum absolute atomic E-state index is 10.9. The number of nitro benzene ring substituents is 1. The Balaban J connectivity index is 2.41. The van der Waals surface area contributed by atoms with Crippen molar-refractivity contribution in [2.24, 2.45) is 5.73 Å². The number of non-ortho nitro benzene ring substituents is 1. The second-order valence-electron chi connectivity index (χ2n) is 4.06. The number of rotatable bonds is 5. The minimum Gasteiger partial charge on any atom is -0.390 e. The fraction of sp³-hybridized carbons (Fsp3) is 0.250. The molecule has 4 N–H and O–H groups in total. The van der Waals surface area contributed by atoms with Crippen LogP contribution in [0.5, 0.6) is 0 Å². The van der Waals surface area contributed by atoms with Gasteiger partial charge in [0.1, 0.15) is 5.52 Å². The molecule has 100 valence electrons. The number of hydrogen-bond donors (Lipinski definition) is 3. The summed E-state index contributed by atoms with van der Waals surface area (Å²) in [4.78, 5) is 14.6. The van der Waals surface area contributed by atoms with Crippen LogP contribution in [0.15, 0.2) is 30.5 Å². The van der Waals surface area contributed by atoms with Crippen LogP contribution in [0, 0.1) is 10.1 Å². The molecule has 0 fully saturated rings. The first-order valence-corrected chi connectivity index (χ1v) is 5.77. The second kappa shape index (κ2) is 5.59. The molecule has 1 heterocycles. The van der Waals surface area contributed by atoms with E-state index in [4.69, 9.17) is 5.73 Å². The number of benzene rings is 1. The summed E-state index contributed by atoms with van der Waals surface area (Å²) in [5.41, 5.74) is 6.46. The second-order valence-corrected chi connectivity index (χ2v) is 4.06. The number of hydrogen-bond acceptors (Lipinski definition) is 6. The lowest BCUT2D eigenvalue weighted by molar-refractivity contribution is -0.383. The van der Waals surface area contributed by atoms with Gasteiger partial charge in [0.25, 0.3) is 5.69 Å². The van der Waals surface area contributed by atoms with Crippen LogP contribution in [0.3, 0.4) is 0 Å². The van der Waals surface area contributed by atoms with E-state index in [0.717, 1.165) is 0 Å². The molecule has 0 aliphatic rings. The molecule has 1 unspecified atom stereocenters. The van der Waals surface area contributed by atoms with Crippen molar-refractivity contribution in [3.63, 3.8) is 0 Å². The molecule has 2 aromatic rings.